The Balaban J connectivity index is 0. The van der Waals surface area contributed by atoms with Gasteiger partial charge in [0.1, 0.15) is 6.42 Å². The Labute approximate surface area is 155 Å². The van der Waals surface area contributed by atoms with E-state index >= 15 is 0 Å². The average molecular weight is 386 g/mol. The van der Waals surface area contributed by atoms with Crippen LogP contribution >= 0.6 is 0 Å². The van der Waals surface area contributed by atoms with Crippen LogP contribution in [0.2, 0.25) is 0 Å². The Kier molecular flexibility index (Phi) is 12.6. The van der Waals surface area contributed by atoms with Crippen molar-refractivity contribution in [2.45, 2.75) is 92.9 Å². The van der Waals surface area contributed by atoms with Gasteiger partial charge in [-0.15, -0.1) is 0 Å². The molecule has 0 rings (SSSR count). The van der Waals surface area contributed by atoms with Crippen LogP contribution < -0.4 is 0 Å². The normalized spacial score (nSPS) is 11.6. The third-order valence-electron chi connectivity index (χ3n) is 3.41. The van der Waals surface area contributed by atoms with Gasteiger partial charge in [0.25, 0.3) is 0 Å². The van der Waals surface area contributed by atoms with Gasteiger partial charge < -0.3 is 26.9 Å². The molecule has 0 spiro atoms. The highest BCUT2D eigenvalue weighted by molar-refractivity contribution is 6.50. The van der Waals surface area contributed by atoms with Crippen LogP contribution in [0.1, 0.15) is 68.7 Å². The van der Waals surface area contributed by atoms with E-state index in [-0.39, 0.29) is 18.0 Å². The number of hydrogen-bond donors (Lipinski definition) is 0. The highest BCUT2D eigenvalue weighted by Crippen LogP contribution is 2.10. The Morgan fingerprint density at radius 1 is 0.923 bits per heavy atom. The van der Waals surface area contributed by atoms with E-state index in [1.165, 1.54) is 0 Å². The maximum Gasteiger partial charge on any atom is 0.673 e. The van der Waals surface area contributed by atoms with Crippen molar-refractivity contribution in [3.05, 3.63) is 0 Å². The molecule has 0 fully saturated rings. The number of ether oxygens (including phenoxy) is 1. The van der Waals surface area contributed by atoms with Gasteiger partial charge in [-0.25, -0.2) is 0 Å². The fourth-order valence-electron chi connectivity index (χ4n) is 2.95. The maximum atomic E-state index is 12.7. The molecule has 0 atom stereocenters. The lowest BCUT2D eigenvalue weighted by Crippen LogP contribution is -2.45. The van der Waals surface area contributed by atoms with Crippen molar-refractivity contribution in [2.75, 3.05) is 6.61 Å². The molecule has 9 heteroatoms. The van der Waals surface area contributed by atoms with Gasteiger partial charge >= 0.3 is 13.2 Å². The van der Waals surface area contributed by atoms with Gasteiger partial charge in [-0.1, -0.05) is 0 Å². The Morgan fingerprint density at radius 2 is 1.27 bits per heavy atom. The second kappa shape index (κ2) is 12.2. The lowest BCUT2D eigenvalue weighted by Gasteiger charge is -2.30. The van der Waals surface area contributed by atoms with Gasteiger partial charge in [-0.3, -0.25) is 4.79 Å². The van der Waals surface area contributed by atoms with Crippen molar-refractivity contribution in [2.24, 2.45) is 0 Å². The molecular weight excluding hydrogens is 351 g/mol. The zero-order valence-corrected chi connectivity index (χ0v) is 17.5. The lowest BCUT2D eigenvalue weighted by atomic mass is 10.2. The zero-order chi connectivity index (χ0) is 21.2. The minimum Gasteiger partial charge on any atom is -0.448 e. The van der Waals surface area contributed by atoms with Crippen LogP contribution in [-0.2, 0) is 9.53 Å². The number of halogens is 4. The molecule has 0 aliphatic rings. The van der Waals surface area contributed by atoms with Gasteiger partial charge in [-0.2, -0.15) is 4.58 Å². The molecule has 0 aliphatic carbocycles. The molecule has 26 heavy (non-hydrogen) atoms. The van der Waals surface area contributed by atoms with E-state index in [2.05, 4.69) is 60.0 Å². The zero-order valence-electron chi connectivity index (χ0n) is 17.5. The quantitative estimate of drug-likeness (QED) is 0.211. The van der Waals surface area contributed by atoms with Crippen molar-refractivity contribution in [1.29, 1.82) is 0 Å². The molecular formula is C17H35BF4N2O2. The molecule has 0 heterocycles. The number of nitrogens with zero attached hydrogens (tertiary/aromatic N) is 2. The van der Waals surface area contributed by atoms with Crippen LogP contribution in [0.15, 0.2) is 0 Å². The van der Waals surface area contributed by atoms with Crippen LogP contribution in [-0.4, -0.2) is 59.3 Å². The molecule has 0 aromatic carbocycles. The van der Waals surface area contributed by atoms with Gasteiger partial charge in [0.2, 0.25) is 5.91 Å². The molecule has 0 saturated carbocycles. The number of amides is 1. The first-order valence-electron chi connectivity index (χ1n) is 9.08. The molecule has 1 amide bonds. The van der Waals surface area contributed by atoms with Gasteiger partial charge in [0.05, 0.1) is 6.61 Å². The summed E-state index contributed by atoms with van der Waals surface area (Å²) in [6, 6.07) is 1.02. The molecule has 0 N–H and O–H groups in total. The predicted octanol–water partition coefficient (Wildman–Crippen LogP) is 4.59. The lowest BCUT2D eigenvalue weighted by molar-refractivity contribution is -0.595. The fraction of sp³-hybridized carbons (Fsp3) is 0.882. The Bertz CT molecular complexity index is 427. The molecule has 0 aromatic heterocycles. The third kappa shape index (κ3) is 12.1. The van der Waals surface area contributed by atoms with Crippen LogP contribution in [0.3, 0.4) is 0 Å². The minimum atomic E-state index is -6.00. The van der Waals surface area contributed by atoms with E-state index in [1.54, 1.807) is 0 Å². The summed E-state index contributed by atoms with van der Waals surface area (Å²) in [4.78, 5) is 14.6. The van der Waals surface area contributed by atoms with E-state index in [1.807, 2.05) is 11.8 Å². The van der Waals surface area contributed by atoms with Crippen LogP contribution in [0.25, 0.3) is 0 Å². The third-order valence-corrected chi connectivity index (χ3v) is 3.41. The van der Waals surface area contributed by atoms with Crippen molar-refractivity contribution < 1.29 is 31.4 Å². The van der Waals surface area contributed by atoms with Crippen LogP contribution in [0.4, 0.5) is 17.3 Å². The van der Waals surface area contributed by atoms with Gasteiger partial charge in [-0.05, 0) is 62.3 Å². The standard InChI is InChI=1S/C17H35N2O2.BF4/c1-10-21-17(19(14(6)7)15(8)9)11-16(20)18(12(2)3)13(4)5;2-1(3,4)5/h12-15H,10-11H2,1-9H3;/q+1;-1. The highest BCUT2D eigenvalue weighted by atomic mass is 19.5. The van der Waals surface area contributed by atoms with Crippen molar-refractivity contribution in [3.63, 3.8) is 0 Å². The largest absolute Gasteiger partial charge is 0.673 e. The number of rotatable bonds is 7. The summed E-state index contributed by atoms with van der Waals surface area (Å²) in [5.74, 6) is 0.925. The van der Waals surface area contributed by atoms with Gasteiger partial charge in [0.15, 0.2) is 12.1 Å². The van der Waals surface area contributed by atoms with Crippen molar-refractivity contribution in [1.82, 2.24) is 4.90 Å². The number of carbonyl (C=O) groups is 1. The monoisotopic (exact) mass is 386 g/mol. The van der Waals surface area contributed by atoms with Gasteiger partial charge in [0, 0.05) is 12.1 Å². The fourth-order valence-corrected chi connectivity index (χ4v) is 2.95. The summed E-state index contributed by atoms with van der Waals surface area (Å²) in [5, 5.41) is 0. The summed E-state index contributed by atoms with van der Waals surface area (Å²) in [5.41, 5.74) is 0. The molecule has 0 aliphatic heterocycles. The van der Waals surface area contributed by atoms with E-state index in [9.17, 15) is 22.1 Å². The first kappa shape index (κ1) is 26.9. The maximum absolute atomic E-state index is 12.7. The van der Waals surface area contributed by atoms with Crippen LogP contribution in [0, 0.1) is 0 Å². The average Bonchev–Trinajstić information content (AvgIpc) is 2.34. The van der Waals surface area contributed by atoms with Crippen molar-refractivity contribution in [3.8, 4) is 0 Å². The summed E-state index contributed by atoms with van der Waals surface area (Å²) >= 11 is 0. The summed E-state index contributed by atoms with van der Waals surface area (Å²) in [6.07, 6.45) is 0.334. The topological polar surface area (TPSA) is 32.5 Å². The molecule has 0 saturated heterocycles. The summed E-state index contributed by atoms with van der Waals surface area (Å²) < 4.78 is 47.0. The summed E-state index contributed by atoms with van der Waals surface area (Å²) in [7, 11) is -6.00. The molecule has 0 aromatic rings. The number of hydrogen-bond acceptors (Lipinski definition) is 2. The summed E-state index contributed by atoms with van der Waals surface area (Å²) in [6.45, 7) is 19.3. The van der Waals surface area contributed by atoms with E-state index in [0.717, 1.165) is 5.90 Å². The smallest absolute Gasteiger partial charge is 0.448 e. The second-order valence-electron chi connectivity index (χ2n) is 7.08. The molecule has 4 nitrogen and oxygen atoms in total. The molecule has 156 valence electrons. The second-order valence-corrected chi connectivity index (χ2v) is 7.08. The van der Waals surface area contributed by atoms with E-state index in [0.29, 0.717) is 25.1 Å². The molecule has 0 radical (unpaired) electrons. The predicted molar refractivity (Wildman–Crippen MR) is 99.1 cm³/mol. The van der Waals surface area contributed by atoms with E-state index in [4.69, 9.17) is 4.74 Å². The molecule has 0 unspecified atom stereocenters. The van der Waals surface area contributed by atoms with E-state index < -0.39 is 7.25 Å². The minimum absolute atomic E-state index is 0.134. The first-order chi connectivity index (χ1) is 11.6. The Morgan fingerprint density at radius 3 is 1.50 bits per heavy atom. The van der Waals surface area contributed by atoms with Crippen molar-refractivity contribution >= 4 is 19.1 Å². The highest BCUT2D eigenvalue weighted by Gasteiger charge is 2.29. The van der Waals surface area contributed by atoms with Crippen LogP contribution in [0.5, 0.6) is 0 Å². The Hall–Kier alpha value is -1.28. The first-order valence-corrected chi connectivity index (χ1v) is 9.08. The molecule has 0 bridgehead atoms. The SMILES string of the molecule is CCOC(CC(=O)N(C(C)C)C(C)C)=[N+](C(C)C)C(C)C.F[B-](F)(F)F. The number of carbonyl (C=O) groups excluding carboxylic acids is 1.